The van der Waals surface area contributed by atoms with Crippen molar-refractivity contribution in [3.8, 4) is 0 Å². The molecule has 0 saturated heterocycles. The molecule has 0 bridgehead atoms. The maximum Gasteiger partial charge on any atom is 0.287 e. The minimum absolute atomic E-state index is 0.218. The Balaban J connectivity index is 1.73. The van der Waals surface area contributed by atoms with Gasteiger partial charge < -0.3 is 20.0 Å². The average molecular weight is 314 g/mol. The number of nitrogens with one attached hydrogen (secondary N) is 2. The number of aliphatic imine (C=N–C) groups is 1. The van der Waals surface area contributed by atoms with Gasteiger partial charge in [-0.15, -0.1) is 0 Å². The number of furan rings is 1. The third-order valence-electron chi connectivity index (χ3n) is 3.27. The summed E-state index contributed by atoms with van der Waals surface area (Å²) in [5, 5.41) is 6.01. The van der Waals surface area contributed by atoms with Gasteiger partial charge >= 0.3 is 0 Å². The highest BCUT2D eigenvalue weighted by atomic mass is 16.3. The highest BCUT2D eigenvalue weighted by molar-refractivity contribution is 5.91. The number of hydrogen-bond donors (Lipinski definition) is 2. The minimum atomic E-state index is -0.218. The maximum absolute atomic E-state index is 11.7. The lowest BCUT2D eigenvalue weighted by atomic mass is 10.2. The van der Waals surface area contributed by atoms with Crippen LogP contribution in [0.15, 0.2) is 58.1 Å². The standard InChI is InChI=1S/C17H22N4O2/c1-18-17(21(2)13-14-7-4-3-5-8-14)20-11-10-19-16(22)15-9-6-12-23-15/h3-9,12H,10-11,13H2,1-2H3,(H,18,20)(H,19,22). The fraction of sp³-hybridized carbons (Fsp3) is 0.294. The summed E-state index contributed by atoms with van der Waals surface area (Å²) in [6.45, 7) is 1.83. The molecule has 6 heteroatoms. The summed E-state index contributed by atoms with van der Waals surface area (Å²) in [5.74, 6) is 0.876. The third-order valence-corrected chi connectivity index (χ3v) is 3.27. The highest BCUT2D eigenvalue weighted by Crippen LogP contribution is 2.02. The number of amides is 1. The summed E-state index contributed by atoms with van der Waals surface area (Å²) in [5.41, 5.74) is 1.21. The molecule has 0 atom stereocenters. The molecule has 2 aromatic rings. The molecule has 0 aliphatic heterocycles. The van der Waals surface area contributed by atoms with Crippen LogP contribution in [0.2, 0.25) is 0 Å². The largest absolute Gasteiger partial charge is 0.459 e. The van der Waals surface area contributed by atoms with Crippen molar-refractivity contribution in [1.29, 1.82) is 0 Å². The van der Waals surface area contributed by atoms with Crippen LogP contribution in [-0.2, 0) is 6.54 Å². The van der Waals surface area contributed by atoms with Gasteiger partial charge in [-0.2, -0.15) is 0 Å². The molecule has 0 aliphatic rings. The number of carbonyl (C=O) groups is 1. The molecule has 6 nitrogen and oxygen atoms in total. The molecule has 1 aromatic heterocycles. The molecule has 0 fully saturated rings. The van der Waals surface area contributed by atoms with Crippen LogP contribution in [0.3, 0.4) is 0 Å². The predicted molar refractivity (Wildman–Crippen MR) is 90.3 cm³/mol. The van der Waals surface area contributed by atoms with Gasteiger partial charge in [0.25, 0.3) is 5.91 Å². The Morgan fingerprint density at radius 1 is 1.13 bits per heavy atom. The fourth-order valence-electron chi connectivity index (χ4n) is 2.16. The van der Waals surface area contributed by atoms with E-state index < -0.39 is 0 Å². The number of nitrogens with zero attached hydrogens (tertiary/aromatic N) is 2. The first-order valence-corrected chi connectivity index (χ1v) is 7.48. The molecular formula is C17H22N4O2. The van der Waals surface area contributed by atoms with E-state index in [-0.39, 0.29) is 5.91 Å². The van der Waals surface area contributed by atoms with E-state index in [4.69, 9.17) is 4.42 Å². The second kappa shape index (κ2) is 8.63. The van der Waals surface area contributed by atoms with Gasteiger partial charge in [0.15, 0.2) is 11.7 Å². The summed E-state index contributed by atoms with van der Waals surface area (Å²) < 4.78 is 5.03. The molecule has 2 N–H and O–H groups in total. The topological polar surface area (TPSA) is 69.9 Å². The van der Waals surface area contributed by atoms with E-state index in [0.29, 0.717) is 18.8 Å². The van der Waals surface area contributed by atoms with Crippen molar-refractivity contribution in [3.05, 3.63) is 60.1 Å². The Hall–Kier alpha value is -2.76. The van der Waals surface area contributed by atoms with Crippen LogP contribution in [0, 0.1) is 0 Å². The molecule has 0 unspecified atom stereocenters. The number of rotatable bonds is 6. The zero-order valence-electron chi connectivity index (χ0n) is 13.5. The number of benzene rings is 1. The van der Waals surface area contributed by atoms with E-state index in [9.17, 15) is 4.79 Å². The average Bonchev–Trinajstić information content (AvgIpc) is 3.10. The number of carbonyl (C=O) groups excluding carboxylic acids is 1. The first kappa shape index (κ1) is 16.6. The van der Waals surface area contributed by atoms with Crippen LogP contribution in [0.25, 0.3) is 0 Å². The molecule has 0 saturated carbocycles. The Morgan fingerprint density at radius 3 is 2.52 bits per heavy atom. The number of hydrogen-bond acceptors (Lipinski definition) is 3. The second-order valence-corrected chi connectivity index (χ2v) is 5.05. The maximum atomic E-state index is 11.7. The first-order chi connectivity index (χ1) is 11.2. The van der Waals surface area contributed by atoms with Crippen molar-refractivity contribution >= 4 is 11.9 Å². The van der Waals surface area contributed by atoms with Gasteiger partial charge in [-0.3, -0.25) is 9.79 Å². The zero-order chi connectivity index (χ0) is 16.5. The van der Waals surface area contributed by atoms with Gasteiger partial charge in [0.1, 0.15) is 0 Å². The summed E-state index contributed by atoms with van der Waals surface area (Å²) >= 11 is 0. The van der Waals surface area contributed by atoms with Crippen molar-refractivity contribution < 1.29 is 9.21 Å². The van der Waals surface area contributed by atoms with Crippen molar-refractivity contribution in [3.63, 3.8) is 0 Å². The summed E-state index contributed by atoms with van der Waals surface area (Å²) in [4.78, 5) is 18.0. The molecule has 0 radical (unpaired) electrons. The molecule has 23 heavy (non-hydrogen) atoms. The Labute approximate surface area is 136 Å². The van der Waals surface area contributed by atoms with Crippen LogP contribution in [0.4, 0.5) is 0 Å². The lowest BCUT2D eigenvalue weighted by Gasteiger charge is -2.22. The Bertz CT molecular complexity index is 623. The molecule has 0 spiro atoms. The quantitative estimate of drug-likeness (QED) is 0.484. The minimum Gasteiger partial charge on any atom is -0.459 e. The Morgan fingerprint density at radius 2 is 1.87 bits per heavy atom. The van der Waals surface area contributed by atoms with E-state index >= 15 is 0 Å². The van der Waals surface area contributed by atoms with Crippen LogP contribution in [0.1, 0.15) is 16.1 Å². The summed E-state index contributed by atoms with van der Waals surface area (Å²) in [7, 11) is 3.72. The van der Waals surface area contributed by atoms with E-state index in [1.807, 2.05) is 30.1 Å². The Kier molecular flexibility index (Phi) is 6.23. The molecule has 0 aliphatic carbocycles. The molecule has 1 amide bonds. The van der Waals surface area contributed by atoms with Crippen LogP contribution in [-0.4, -0.2) is 44.0 Å². The van der Waals surface area contributed by atoms with Gasteiger partial charge in [0, 0.05) is 33.7 Å². The van der Waals surface area contributed by atoms with Gasteiger partial charge in [-0.25, -0.2) is 0 Å². The monoisotopic (exact) mass is 314 g/mol. The molecule has 2 rings (SSSR count). The SMILES string of the molecule is CN=C(NCCNC(=O)c1ccco1)N(C)Cc1ccccc1. The molecular weight excluding hydrogens is 292 g/mol. The number of guanidine groups is 1. The normalized spacial score (nSPS) is 11.1. The summed E-state index contributed by atoms with van der Waals surface area (Å²) in [6, 6.07) is 13.5. The summed E-state index contributed by atoms with van der Waals surface area (Å²) in [6.07, 6.45) is 1.48. The van der Waals surface area contributed by atoms with Gasteiger partial charge in [-0.1, -0.05) is 30.3 Å². The van der Waals surface area contributed by atoms with Gasteiger partial charge in [0.2, 0.25) is 0 Å². The first-order valence-electron chi connectivity index (χ1n) is 7.48. The lowest BCUT2D eigenvalue weighted by Crippen LogP contribution is -2.42. The lowest BCUT2D eigenvalue weighted by molar-refractivity contribution is 0.0926. The van der Waals surface area contributed by atoms with Crippen molar-refractivity contribution in [2.75, 3.05) is 27.2 Å². The third kappa shape index (κ3) is 5.18. The zero-order valence-corrected chi connectivity index (χ0v) is 13.5. The van der Waals surface area contributed by atoms with Crippen molar-refractivity contribution in [2.45, 2.75) is 6.54 Å². The van der Waals surface area contributed by atoms with Gasteiger partial charge in [0.05, 0.1) is 6.26 Å². The predicted octanol–water partition coefficient (Wildman–Crippen LogP) is 1.72. The molecule has 1 aromatic carbocycles. The van der Waals surface area contributed by atoms with Crippen molar-refractivity contribution in [1.82, 2.24) is 15.5 Å². The molecule has 1 heterocycles. The van der Waals surface area contributed by atoms with Crippen LogP contribution < -0.4 is 10.6 Å². The smallest absolute Gasteiger partial charge is 0.287 e. The van der Waals surface area contributed by atoms with E-state index in [1.54, 1.807) is 19.2 Å². The van der Waals surface area contributed by atoms with Crippen LogP contribution in [0.5, 0.6) is 0 Å². The van der Waals surface area contributed by atoms with E-state index in [1.165, 1.54) is 11.8 Å². The van der Waals surface area contributed by atoms with E-state index in [0.717, 1.165) is 12.5 Å². The van der Waals surface area contributed by atoms with Crippen molar-refractivity contribution in [2.24, 2.45) is 4.99 Å². The molecule has 122 valence electrons. The van der Waals surface area contributed by atoms with E-state index in [2.05, 4.69) is 27.8 Å². The highest BCUT2D eigenvalue weighted by Gasteiger charge is 2.08. The second-order valence-electron chi connectivity index (χ2n) is 5.05. The fourth-order valence-corrected chi connectivity index (χ4v) is 2.16. The van der Waals surface area contributed by atoms with Crippen LogP contribution >= 0.6 is 0 Å². The van der Waals surface area contributed by atoms with Gasteiger partial charge in [-0.05, 0) is 17.7 Å².